The highest BCUT2D eigenvalue weighted by Crippen LogP contribution is 2.40. The van der Waals surface area contributed by atoms with Gasteiger partial charge in [-0.2, -0.15) is 0 Å². The highest BCUT2D eigenvalue weighted by atomic mass is 35.5. The van der Waals surface area contributed by atoms with Crippen LogP contribution in [0, 0.1) is 5.41 Å². The van der Waals surface area contributed by atoms with E-state index in [1.807, 2.05) is 29.2 Å². The van der Waals surface area contributed by atoms with E-state index in [1.54, 1.807) is 0 Å². The molecule has 3 nitrogen and oxygen atoms in total. The molecule has 2 aliphatic heterocycles. The normalized spacial score (nSPS) is 19.3. The Morgan fingerprint density at radius 2 is 1.58 bits per heavy atom. The van der Waals surface area contributed by atoms with Gasteiger partial charge in [-0.25, -0.2) is 0 Å². The number of benzene rings is 2. The minimum absolute atomic E-state index is 0.240. The molecule has 2 fully saturated rings. The Balaban J connectivity index is 1.24. The number of likely N-dealkylation sites (tertiary alicyclic amines) is 2. The lowest BCUT2D eigenvalue weighted by Gasteiger charge is -2.54. The zero-order valence-corrected chi connectivity index (χ0v) is 15.8. The summed E-state index contributed by atoms with van der Waals surface area (Å²) in [5.41, 5.74) is 2.79. The molecule has 0 bridgehead atoms. The first-order valence-electron chi connectivity index (χ1n) is 9.40. The average Bonchev–Trinajstić information content (AvgIpc) is 2.63. The topological polar surface area (TPSA) is 23.6 Å². The summed E-state index contributed by atoms with van der Waals surface area (Å²) in [4.78, 5) is 17.1. The van der Waals surface area contributed by atoms with Crippen LogP contribution in [0.3, 0.4) is 0 Å². The molecule has 1 amide bonds. The molecule has 2 aromatic rings. The van der Waals surface area contributed by atoms with Crippen molar-refractivity contribution in [1.82, 2.24) is 9.80 Å². The zero-order chi connectivity index (χ0) is 18.0. The van der Waals surface area contributed by atoms with Crippen LogP contribution in [0.25, 0.3) is 0 Å². The van der Waals surface area contributed by atoms with E-state index in [2.05, 4.69) is 35.2 Å². The highest BCUT2D eigenvalue weighted by Gasteiger charge is 2.46. The van der Waals surface area contributed by atoms with E-state index in [9.17, 15) is 4.79 Å². The van der Waals surface area contributed by atoms with Crippen molar-refractivity contribution in [3.05, 3.63) is 70.7 Å². The van der Waals surface area contributed by atoms with E-state index in [0.29, 0.717) is 16.9 Å². The summed E-state index contributed by atoms with van der Waals surface area (Å²) >= 11 is 5.91. The first-order valence-corrected chi connectivity index (χ1v) is 9.78. The minimum atomic E-state index is 0.240. The molecule has 4 rings (SSSR count). The third kappa shape index (κ3) is 3.94. The number of rotatable bonds is 4. The molecular weight excluding hydrogens is 344 g/mol. The Hall–Kier alpha value is -1.84. The lowest BCUT2D eigenvalue weighted by Crippen LogP contribution is -2.62. The maximum absolute atomic E-state index is 12.5. The summed E-state index contributed by atoms with van der Waals surface area (Å²) in [5.74, 6) is 0.240. The van der Waals surface area contributed by atoms with Gasteiger partial charge in [-0.3, -0.25) is 9.69 Å². The zero-order valence-electron chi connectivity index (χ0n) is 15.0. The second kappa shape index (κ2) is 7.42. The number of hydrogen-bond acceptors (Lipinski definition) is 2. The third-order valence-electron chi connectivity index (χ3n) is 5.84. The van der Waals surface area contributed by atoms with E-state index in [1.165, 1.54) is 18.4 Å². The van der Waals surface area contributed by atoms with Crippen LogP contribution in [0.5, 0.6) is 0 Å². The summed E-state index contributed by atoms with van der Waals surface area (Å²) in [6, 6.07) is 18.3. The number of hydrogen-bond donors (Lipinski definition) is 0. The van der Waals surface area contributed by atoms with Crippen molar-refractivity contribution in [3.8, 4) is 0 Å². The van der Waals surface area contributed by atoms with Crippen molar-refractivity contribution in [3.63, 3.8) is 0 Å². The van der Waals surface area contributed by atoms with Gasteiger partial charge in [0, 0.05) is 30.1 Å². The van der Waals surface area contributed by atoms with Crippen LogP contribution in [0.15, 0.2) is 54.6 Å². The van der Waals surface area contributed by atoms with Gasteiger partial charge in [0.2, 0.25) is 5.91 Å². The molecular formula is C22H25ClN2O. The summed E-state index contributed by atoms with van der Waals surface area (Å²) in [6.45, 7) is 5.16. The molecule has 0 saturated carbocycles. The van der Waals surface area contributed by atoms with Gasteiger partial charge in [0.1, 0.15) is 0 Å². The van der Waals surface area contributed by atoms with Gasteiger partial charge in [0.15, 0.2) is 0 Å². The standard InChI is InChI=1S/C22H25ClN2O/c23-20-8-6-18(7-9-20)14-21(26)25-16-22(17-25)10-12-24(13-11-22)15-19-4-2-1-3-5-19/h1-9H,10-17H2. The van der Waals surface area contributed by atoms with Gasteiger partial charge < -0.3 is 4.90 Å². The van der Waals surface area contributed by atoms with Crippen LogP contribution < -0.4 is 0 Å². The molecule has 1 spiro atoms. The Labute approximate surface area is 160 Å². The maximum Gasteiger partial charge on any atom is 0.227 e. The van der Waals surface area contributed by atoms with Crippen LogP contribution in [0.4, 0.5) is 0 Å². The largest absolute Gasteiger partial charge is 0.341 e. The summed E-state index contributed by atoms with van der Waals surface area (Å²) in [7, 11) is 0. The lowest BCUT2D eigenvalue weighted by atomic mass is 9.71. The number of amides is 1. The molecule has 2 saturated heterocycles. The van der Waals surface area contributed by atoms with E-state index in [4.69, 9.17) is 11.6 Å². The third-order valence-corrected chi connectivity index (χ3v) is 6.09. The van der Waals surface area contributed by atoms with Crippen LogP contribution >= 0.6 is 11.6 Å². The van der Waals surface area contributed by atoms with Crippen LogP contribution in [0.1, 0.15) is 24.0 Å². The Morgan fingerprint density at radius 1 is 0.923 bits per heavy atom. The van der Waals surface area contributed by atoms with E-state index in [-0.39, 0.29) is 5.91 Å². The number of halogens is 1. The van der Waals surface area contributed by atoms with Gasteiger partial charge in [0.05, 0.1) is 6.42 Å². The SMILES string of the molecule is O=C(Cc1ccc(Cl)cc1)N1CC2(CCN(Cc3ccccc3)CC2)C1. The van der Waals surface area contributed by atoms with Crippen molar-refractivity contribution in [2.75, 3.05) is 26.2 Å². The number of carbonyl (C=O) groups is 1. The quantitative estimate of drug-likeness (QED) is 0.814. The molecule has 0 atom stereocenters. The molecule has 2 aliphatic rings. The molecule has 0 unspecified atom stereocenters. The monoisotopic (exact) mass is 368 g/mol. The summed E-state index contributed by atoms with van der Waals surface area (Å²) in [5, 5.41) is 0.714. The summed E-state index contributed by atoms with van der Waals surface area (Å²) in [6.07, 6.45) is 2.88. The molecule has 2 aromatic carbocycles. The van der Waals surface area contributed by atoms with Crippen molar-refractivity contribution in [2.45, 2.75) is 25.8 Å². The predicted molar refractivity (Wildman–Crippen MR) is 105 cm³/mol. The molecule has 0 radical (unpaired) electrons. The molecule has 0 aromatic heterocycles. The van der Waals surface area contributed by atoms with E-state index >= 15 is 0 Å². The minimum Gasteiger partial charge on any atom is -0.341 e. The van der Waals surface area contributed by atoms with Crippen molar-refractivity contribution >= 4 is 17.5 Å². The Morgan fingerprint density at radius 3 is 2.23 bits per heavy atom. The predicted octanol–water partition coefficient (Wildman–Crippen LogP) is 4.01. The Bertz CT molecular complexity index is 743. The fourth-order valence-corrected chi connectivity index (χ4v) is 4.30. The first kappa shape index (κ1) is 17.6. The smallest absolute Gasteiger partial charge is 0.227 e. The van der Waals surface area contributed by atoms with Gasteiger partial charge in [-0.15, -0.1) is 0 Å². The second-order valence-corrected chi connectivity index (χ2v) is 8.25. The van der Waals surface area contributed by atoms with Crippen LogP contribution in [0.2, 0.25) is 5.02 Å². The molecule has 0 N–H and O–H groups in total. The average molecular weight is 369 g/mol. The molecule has 0 aliphatic carbocycles. The number of carbonyl (C=O) groups excluding carboxylic acids is 1. The van der Waals surface area contributed by atoms with Crippen molar-refractivity contribution in [2.24, 2.45) is 5.41 Å². The van der Waals surface area contributed by atoms with Crippen LogP contribution in [-0.4, -0.2) is 41.9 Å². The fourth-order valence-electron chi connectivity index (χ4n) is 4.17. The number of nitrogens with zero attached hydrogens (tertiary/aromatic N) is 2. The van der Waals surface area contributed by atoms with Gasteiger partial charge in [-0.05, 0) is 49.2 Å². The van der Waals surface area contributed by atoms with Gasteiger partial charge in [-0.1, -0.05) is 54.1 Å². The van der Waals surface area contributed by atoms with Gasteiger partial charge >= 0.3 is 0 Å². The van der Waals surface area contributed by atoms with E-state index < -0.39 is 0 Å². The first-order chi connectivity index (χ1) is 12.6. The Kier molecular flexibility index (Phi) is 5.01. The summed E-state index contributed by atoms with van der Waals surface area (Å²) < 4.78 is 0. The molecule has 2 heterocycles. The van der Waals surface area contributed by atoms with Crippen molar-refractivity contribution in [1.29, 1.82) is 0 Å². The molecule has 136 valence electrons. The fraction of sp³-hybridized carbons (Fsp3) is 0.409. The molecule has 26 heavy (non-hydrogen) atoms. The van der Waals surface area contributed by atoms with Crippen molar-refractivity contribution < 1.29 is 4.79 Å². The van der Waals surface area contributed by atoms with Crippen LogP contribution in [-0.2, 0) is 17.8 Å². The number of piperidine rings is 1. The molecule has 4 heteroatoms. The van der Waals surface area contributed by atoms with E-state index in [0.717, 1.165) is 38.3 Å². The maximum atomic E-state index is 12.5. The lowest BCUT2D eigenvalue weighted by molar-refractivity contribution is -0.146. The second-order valence-electron chi connectivity index (χ2n) is 7.81. The highest BCUT2D eigenvalue weighted by molar-refractivity contribution is 6.30. The van der Waals surface area contributed by atoms with Gasteiger partial charge in [0.25, 0.3) is 0 Å².